The maximum Gasteiger partial charge on any atom is 0.650 e. The van der Waals surface area contributed by atoms with Crippen LogP contribution in [0.2, 0.25) is 0 Å². The van der Waals surface area contributed by atoms with Crippen LogP contribution < -0.4 is 0 Å². The Bertz CT molecular complexity index is 137. The van der Waals surface area contributed by atoms with Gasteiger partial charge < -0.3 is 0 Å². The summed E-state index contributed by atoms with van der Waals surface area (Å²) in [5.41, 5.74) is 0. The van der Waals surface area contributed by atoms with Crippen LogP contribution in [0.25, 0.3) is 0 Å². The Balaban J connectivity index is 5.02. The van der Waals surface area contributed by atoms with E-state index >= 15 is 0 Å². The van der Waals surface area contributed by atoms with Crippen molar-refractivity contribution < 1.29 is 37.0 Å². The standard InChI is InChI=1S/F9PSi3/c1-11(2,3)10(12(4,5)6)13(7,8)9. The smallest absolute Gasteiger partial charge is 0.234 e. The van der Waals surface area contributed by atoms with Gasteiger partial charge in [-0.1, -0.05) is 0 Å². The van der Waals surface area contributed by atoms with Gasteiger partial charge in [-0.3, -0.25) is 0 Å². The van der Waals surface area contributed by atoms with Crippen molar-refractivity contribution in [3.8, 4) is 0 Å². The summed E-state index contributed by atoms with van der Waals surface area (Å²) in [4.78, 5) is 0. The minimum Gasteiger partial charge on any atom is -0.234 e. The molecule has 0 N–H and O–H groups in total. The molecule has 0 saturated carbocycles. The molecule has 0 aliphatic rings. The summed E-state index contributed by atoms with van der Waals surface area (Å²) in [6, 6.07) is 0. The average molecular weight is 286 g/mol. The van der Waals surface area contributed by atoms with Gasteiger partial charge in [0.05, 0.1) is 0 Å². The fraction of sp³-hybridized carbons (Fsp3) is 0. The third kappa shape index (κ3) is 3.99. The first kappa shape index (κ1) is 13.5. The van der Waals surface area contributed by atoms with Gasteiger partial charge >= 0.3 is 26.2 Å². The van der Waals surface area contributed by atoms with Crippen molar-refractivity contribution in [2.45, 2.75) is 0 Å². The Morgan fingerprint density at radius 2 is 0.615 bits per heavy atom. The third-order valence-electron chi connectivity index (χ3n) is 0.761. The largest absolute Gasteiger partial charge is 0.650 e. The normalized spacial score (nSPS) is 15.2. The summed E-state index contributed by atoms with van der Waals surface area (Å²) < 4.78 is 104. The van der Waals surface area contributed by atoms with Gasteiger partial charge in [-0.25, -0.2) is 37.0 Å². The van der Waals surface area contributed by atoms with E-state index in [1.54, 1.807) is 0 Å². The summed E-state index contributed by atoms with van der Waals surface area (Å²) in [5, 5.41) is 0. The summed E-state index contributed by atoms with van der Waals surface area (Å²) in [7, 11) is -22.9. The number of halogens is 9. The van der Waals surface area contributed by atoms with E-state index in [0.717, 1.165) is 0 Å². The minimum atomic E-state index is -7.62. The minimum absolute atomic E-state index is 5.57. The highest BCUT2D eigenvalue weighted by atomic mass is 31.8. The quantitative estimate of drug-likeness (QED) is 0.322. The van der Waals surface area contributed by atoms with Crippen LogP contribution in [0.15, 0.2) is 0 Å². The van der Waals surface area contributed by atoms with Crippen molar-refractivity contribution in [2.75, 3.05) is 0 Å². The zero-order valence-electron chi connectivity index (χ0n) is 5.35. The van der Waals surface area contributed by atoms with Gasteiger partial charge in [-0.05, 0) is 0 Å². The van der Waals surface area contributed by atoms with E-state index in [9.17, 15) is 37.0 Å². The lowest BCUT2D eigenvalue weighted by Gasteiger charge is -2.17. The molecule has 0 heterocycles. The predicted octanol–water partition coefficient (Wildman–Crippen LogP) is 3.50. The second-order valence-corrected chi connectivity index (χ2v) is 17.8. The Kier molecular flexibility index (Phi) is 3.67. The Morgan fingerprint density at radius 1 is 0.462 bits per heavy atom. The van der Waals surface area contributed by atoms with Gasteiger partial charge in [0.15, 0.2) is 6.57 Å². The molecule has 0 radical (unpaired) electrons. The molecular formula is F9PSi3. The topological polar surface area (TPSA) is 0 Å². The Labute approximate surface area is 70.6 Å². The molecule has 0 bridgehead atoms. The van der Waals surface area contributed by atoms with Crippen molar-refractivity contribution in [3.05, 3.63) is 0 Å². The number of rotatable bonds is 3. The second-order valence-electron chi connectivity index (χ2n) is 1.74. The lowest BCUT2D eigenvalue weighted by Crippen LogP contribution is -2.38. The van der Waals surface area contributed by atoms with Crippen LogP contribution in [0.4, 0.5) is 37.0 Å². The number of hydrogen-bond acceptors (Lipinski definition) is 0. The van der Waals surface area contributed by atoms with Crippen molar-refractivity contribution in [2.24, 2.45) is 0 Å². The summed E-state index contributed by atoms with van der Waals surface area (Å²) in [6.07, 6.45) is 0. The molecule has 0 aliphatic carbocycles. The molecule has 0 amide bonds. The van der Waals surface area contributed by atoms with Gasteiger partial charge in [0.1, 0.15) is 0 Å². The monoisotopic (exact) mass is 286 g/mol. The van der Waals surface area contributed by atoms with E-state index < -0.39 is 32.8 Å². The van der Waals surface area contributed by atoms with Crippen molar-refractivity contribution in [1.29, 1.82) is 0 Å². The van der Waals surface area contributed by atoms with Crippen LogP contribution in [0.5, 0.6) is 0 Å². The fourth-order valence-electron chi connectivity index (χ4n) is 0.431. The van der Waals surface area contributed by atoms with Crippen LogP contribution >= 0.6 is 6.57 Å². The van der Waals surface area contributed by atoms with Gasteiger partial charge in [0.25, 0.3) is 0 Å². The van der Waals surface area contributed by atoms with E-state index in [1.807, 2.05) is 0 Å². The fourth-order valence-corrected chi connectivity index (χ4v) is 11.6. The van der Waals surface area contributed by atoms with E-state index in [0.29, 0.717) is 0 Å². The average Bonchev–Trinajstić information content (AvgIpc) is 1.44. The highest BCUT2D eigenvalue weighted by molar-refractivity contribution is 8.32. The lowest BCUT2D eigenvalue weighted by atomic mass is 18.7. The second kappa shape index (κ2) is 3.55. The van der Waals surface area contributed by atoms with Gasteiger partial charge in [0, 0.05) is 0 Å². The van der Waals surface area contributed by atoms with Crippen LogP contribution in [0, 0.1) is 0 Å². The molecule has 0 aromatic heterocycles. The molecule has 13 heteroatoms. The molecule has 0 rings (SSSR count). The highest BCUT2D eigenvalue weighted by Crippen LogP contribution is 2.65. The third-order valence-corrected chi connectivity index (χ3v) is 20.5. The van der Waals surface area contributed by atoms with Crippen LogP contribution in [0.1, 0.15) is 0 Å². The molecule has 13 heavy (non-hydrogen) atoms. The molecule has 0 unspecified atom stereocenters. The van der Waals surface area contributed by atoms with Gasteiger partial charge in [-0.2, -0.15) is 0 Å². The summed E-state index contributed by atoms with van der Waals surface area (Å²) in [6.45, 7) is -5.57. The molecular weight excluding hydrogens is 286 g/mol. The predicted molar refractivity (Wildman–Crippen MR) is 34.2 cm³/mol. The molecule has 0 atom stereocenters. The van der Waals surface area contributed by atoms with Crippen LogP contribution in [-0.4, -0.2) is 26.2 Å². The van der Waals surface area contributed by atoms with E-state index in [2.05, 4.69) is 0 Å². The summed E-state index contributed by atoms with van der Waals surface area (Å²) in [5.74, 6) is 0. The van der Waals surface area contributed by atoms with Crippen molar-refractivity contribution in [3.63, 3.8) is 0 Å². The molecule has 0 nitrogen and oxygen atoms in total. The maximum atomic E-state index is 11.5. The molecule has 80 valence electrons. The number of hydrogen-bond donors (Lipinski definition) is 0. The molecule has 0 saturated heterocycles. The SMILES string of the molecule is F[Si](F)(F)P([Si](F)(F)F)[Si](F)(F)F. The van der Waals surface area contributed by atoms with Crippen LogP contribution in [-0.2, 0) is 0 Å². The summed E-state index contributed by atoms with van der Waals surface area (Å²) >= 11 is 0. The van der Waals surface area contributed by atoms with Crippen molar-refractivity contribution >= 4 is 32.8 Å². The molecule has 0 spiro atoms. The van der Waals surface area contributed by atoms with E-state index in [-0.39, 0.29) is 0 Å². The molecule has 0 aromatic rings. The zero-order chi connectivity index (χ0) is 11.1. The van der Waals surface area contributed by atoms with Gasteiger partial charge in [0.2, 0.25) is 0 Å². The highest BCUT2D eigenvalue weighted by Gasteiger charge is 2.79. The van der Waals surface area contributed by atoms with Crippen molar-refractivity contribution in [1.82, 2.24) is 0 Å². The Morgan fingerprint density at radius 3 is 0.615 bits per heavy atom. The van der Waals surface area contributed by atoms with Gasteiger partial charge in [-0.15, -0.1) is 0 Å². The molecule has 0 aromatic carbocycles. The van der Waals surface area contributed by atoms with E-state index in [4.69, 9.17) is 0 Å². The molecule has 0 aliphatic heterocycles. The zero-order valence-corrected chi connectivity index (χ0v) is 9.24. The van der Waals surface area contributed by atoms with Crippen LogP contribution in [0.3, 0.4) is 0 Å². The maximum absolute atomic E-state index is 11.5. The van der Waals surface area contributed by atoms with E-state index in [1.165, 1.54) is 0 Å². The first-order valence-electron chi connectivity index (χ1n) is 2.37. The first-order valence-corrected chi connectivity index (χ1v) is 11.1. The Hall–Kier alpha value is 0.451. The first-order chi connectivity index (χ1) is 5.37. The lowest BCUT2D eigenvalue weighted by molar-refractivity contribution is 0.489. The molecule has 0 fully saturated rings.